The van der Waals surface area contributed by atoms with Crippen LogP contribution in [0.25, 0.3) is 0 Å². The Morgan fingerprint density at radius 2 is 1.84 bits per heavy atom. The molecule has 5 nitrogen and oxygen atoms in total. The summed E-state index contributed by atoms with van der Waals surface area (Å²) in [5.74, 6) is -1.63. The molecule has 0 radical (unpaired) electrons. The summed E-state index contributed by atoms with van der Waals surface area (Å²) in [6.07, 6.45) is 1.17. The van der Waals surface area contributed by atoms with Crippen molar-refractivity contribution in [2.45, 2.75) is 18.9 Å². The largest absolute Gasteiger partial charge is 0.299 e. The van der Waals surface area contributed by atoms with Crippen LogP contribution in [0.2, 0.25) is 0 Å². The molecule has 2 aromatic rings. The predicted molar refractivity (Wildman–Crippen MR) is 92.1 cm³/mol. The summed E-state index contributed by atoms with van der Waals surface area (Å²) in [4.78, 5) is 26.3. The normalized spacial score (nSPS) is 16.8. The van der Waals surface area contributed by atoms with Crippen LogP contribution in [0.3, 0.4) is 0 Å². The van der Waals surface area contributed by atoms with E-state index in [1.54, 1.807) is 6.07 Å². The maximum atomic E-state index is 13.6. The van der Waals surface area contributed by atoms with Crippen LogP contribution < -0.4 is 10.9 Å². The highest BCUT2D eigenvalue weighted by atomic mass is 19.1. The highest BCUT2D eigenvalue weighted by Gasteiger charge is 2.26. The minimum absolute atomic E-state index is 0.0460. The molecular formula is C19H20FN3O2. The molecule has 2 aromatic carbocycles. The van der Waals surface area contributed by atoms with E-state index in [1.165, 1.54) is 23.8 Å². The lowest BCUT2D eigenvalue weighted by Gasteiger charge is -2.34. The molecule has 0 fully saturated rings. The average Bonchev–Trinajstić information content (AvgIpc) is 2.62. The van der Waals surface area contributed by atoms with Gasteiger partial charge in [0.05, 0.1) is 5.56 Å². The number of hydrogen-bond donors (Lipinski definition) is 2. The van der Waals surface area contributed by atoms with E-state index in [-0.39, 0.29) is 23.9 Å². The number of hydrazine groups is 1. The zero-order valence-corrected chi connectivity index (χ0v) is 14.0. The van der Waals surface area contributed by atoms with Crippen molar-refractivity contribution in [1.29, 1.82) is 0 Å². The first-order valence-corrected chi connectivity index (χ1v) is 8.18. The van der Waals surface area contributed by atoms with Gasteiger partial charge in [-0.15, -0.1) is 0 Å². The molecule has 0 saturated heterocycles. The molecule has 0 saturated carbocycles. The zero-order chi connectivity index (χ0) is 17.8. The number of likely N-dealkylation sites (N-methyl/N-ethyl adjacent to an activating group) is 1. The standard InChI is InChI=1S/C19H20FN3O2/c1-23-11-10-13-6-2-3-7-14(13)17(23)12-18(24)21-22-19(25)15-8-4-5-9-16(15)20/h2-9,17H,10-12H2,1H3,(H,21,24)(H,22,25). The fourth-order valence-corrected chi connectivity index (χ4v) is 3.11. The number of carbonyl (C=O) groups is 2. The molecule has 0 bridgehead atoms. The molecular weight excluding hydrogens is 321 g/mol. The molecule has 0 aromatic heterocycles. The summed E-state index contributed by atoms with van der Waals surface area (Å²) in [5.41, 5.74) is 6.91. The smallest absolute Gasteiger partial charge is 0.272 e. The lowest BCUT2D eigenvalue weighted by Crippen LogP contribution is -2.44. The molecule has 1 atom stereocenters. The Kier molecular flexibility index (Phi) is 5.09. The van der Waals surface area contributed by atoms with Gasteiger partial charge in [-0.05, 0) is 36.7 Å². The summed E-state index contributed by atoms with van der Waals surface area (Å²) in [6, 6.07) is 13.6. The lowest BCUT2D eigenvalue weighted by atomic mass is 9.91. The Balaban J connectivity index is 1.61. The van der Waals surface area contributed by atoms with Crippen molar-refractivity contribution < 1.29 is 14.0 Å². The minimum Gasteiger partial charge on any atom is -0.299 e. The van der Waals surface area contributed by atoms with Crippen molar-refractivity contribution in [3.63, 3.8) is 0 Å². The minimum atomic E-state index is -0.677. The van der Waals surface area contributed by atoms with Gasteiger partial charge in [-0.1, -0.05) is 36.4 Å². The first kappa shape index (κ1) is 17.1. The van der Waals surface area contributed by atoms with Crippen LogP contribution in [0.1, 0.15) is 33.9 Å². The summed E-state index contributed by atoms with van der Waals surface area (Å²) in [6.45, 7) is 0.872. The molecule has 6 heteroatoms. The van der Waals surface area contributed by atoms with E-state index in [4.69, 9.17) is 0 Å². The van der Waals surface area contributed by atoms with Crippen molar-refractivity contribution in [2.75, 3.05) is 13.6 Å². The van der Waals surface area contributed by atoms with Gasteiger partial charge in [-0.25, -0.2) is 4.39 Å². The fraction of sp³-hybridized carbons (Fsp3) is 0.263. The molecule has 25 heavy (non-hydrogen) atoms. The summed E-state index contributed by atoms with van der Waals surface area (Å²) < 4.78 is 13.6. The molecule has 0 aliphatic carbocycles. The predicted octanol–water partition coefficient (Wildman–Crippen LogP) is 2.21. The first-order chi connectivity index (χ1) is 12.1. The van der Waals surface area contributed by atoms with E-state index in [1.807, 2.05) is 25.2 Å². The van der Waals surface area contributed by atoms with Crippen molar-refractivity contribution in [1.82, 2.24) is 15.8 Å². The number of benzene rings is 2. The Bertz CT molecular complexity index is 794. The molecule has 2 N–H and O–H groups in total. The number of nitrogens with one attached hydrogen (secondary N) is 2. The molecule has 1 aliphatic heterocycles. The summed E-state index contributed by atoms with van der Waals surface area (Å²) in [7, 11) is 1.98. The summed E-state index contributed by atoms with van der Waals surface area (Å²) >= 11 is 0. The Morgan fingerprint density at radius 3 is 2.64 bits per heavy atom. The van der Waals surface area contributed by atoms with Crippen molar-refractivity contribution in [3.8, 4) is 0 Å². The lowest BCUT2D eigenvalue weighted by molar-refractivity contribution is -0.123. The van der Waals surface area contributed by atoms with Gasteiger partial charge in [-0.3, -0.25) is 25.3 Å². The second kappa shape index (κ2) is 7.44. The number of rotatable bonds is 3. The van der Waals surface area contributed by atoms with Crippen LogP contribution in [0.4, 0.5) is 4.39 Å². The van der Waals surface area contributed by atoms with E-state index in [2.05, 4.69) is 21.8 Å². The van der Waals surface area contributed by atoms with Gasteiger partial charge in [-0.2, -0.15) is 0 Å². The SMILES string of the molecule is CN1CCc2ccccc2C1CC(=O)NNC(=O)c1ccccc1F. The third kappa shape index (κ3) is 3.85. The van der Waals surface area contributed by atoms with Crippen molar-refractivity contribution in [3.05, 3.63) is 71.0 Å². The van der Waals surface area contributed by atoms with Gasteiger partial charge in [0.15, 0.2) is 0 Å². The monoisotopic (exact) mass is 341 g/mol. The average molecular weight is 341 g/mol. The number of hydrogen-bond acceptors (Lipinski definition) is 3. The number of fused-ring (bicyclic) bond motifs is 1. The quantitative estimate of drug-likeness (QED) is 0.842. The third-order valence-corrected chi connectivity index (χ3v) is 4.49. The summed E-state index contributed by atoms with van der Waals surface area (Å²) in [5, 5.41) is 0. The Hall–Kier alpha value is -2.73. The highest BCUT2D eigenvalue weighted by molar-refractivity contribution is 5.95. The van der Waals surface area contributed by atoms with Gasteiger partial charge in [0.25, 0.3) is 5.91 Å². The van der Waals surface area contributed by atoms with Gasteiger partial charge >= 0.3 is 0 Å². The van der Waals surface area contributed by atoms with Gasteiger partial charge in [0.2, 0.25) is 5.91 Å². The molecule has 0 spiro atoms. The second-order valence-corrected chi connectivity index (χ2v) is 6.13. The second-order valence-electron chi connectivity index (χ2n) is 6.13. The zero-order valence-electron chi connectivity index (χ0n) is 14.0. The maximum absolute atomic E-state index is 13.6. The van der Waals surface area contributed by atoms with E-state index < -0.39 is 11.7 Å². The van der Waals surface area contributed by atoms with Gasteiger partial charge < -0.3 is 0 Å². The van der Waals surface area contributed by atoms with Crippen LogP contribution in [-0.4, -0.2) is 30.3 Å². The van der Waals surface area contributed by atoms with Crippen LogP contribution in [0.15, 0.2) is 48.5 Å². The number of amides is 2. The van der Waals surface area contributed by atoms with Crippen LogP contribution >= 0.6 is 0 Å². The molecule has 3 rings (SSSR count). The van der Waals surface area contributed by atoms with Crippen molar-refractivity contribution in [2.24, 2.45) is 0 Å². The number of halogens is 1. The molecule has 1 unspecified atom stereocenters. The van der Waals surface area contributed by atoms with Crippen LogP contribution in [0, 0.1) is 5.82 Å². The molecule has 130 valence electrons. The van der Waals surface area contributed by atoms with E-state index in [0.29, 0.717) is 0 Å². The Labute approximate surface area is 145 Å². The van der Waals surface area contributed by atoms with Gasteiger partial charge in [0.1, 0.15) is 5.82 Å². The topological polar surface area (TPSA) is 61.4 Å². The number of nitrogens with zero attached hydrogens (tertiary/aromatic N) is 1. The third-order valence-electron chi connectivity index (χ3n) is 4.49. The van der Waals surface area contributed by atoms with E-state index in [9.17, 15) is 14.0 Å². The molecule has 1 heterocycles. The van der Waals surface area contributed by atoms with Crippen molar-refractivity contribution >= 4 is 11.8 Å². The van der Waals surface area contributed by atoms with E-state index >= 15 is 0 Å². The maximum Gasteiger partial charge on any atom is 0.272 e. The molecule has 1 aliphatic rings. The van der Waals surface area contributed by atoms with Crippen LogP contribution in [0.5, 0.6) is 0 Å². The molecule has 2 amide bonds. The van der Waals surface area contributed by atoms with Crippen LogP contribution in [-0.2, 0) is 11.2 Å². The van der Waals surface area contributed by atoms with E-state index in [0.717, 1.165) is 18.5 Å². The first-order valence-electron chi connectivity index (χ1n) is 8.18. The number of carbonyl (C=O) groups excluding carboxylic acids is 2. The van der Waals surface area contributed by atoms with Gasteiger partial charge in [0, 0.05) is 19.0 Å². The fourth-order valence-electron chi connectivity index (χ4n) is 3.11. The Morgan fingerprint density at radius 1 is 1.12 bits per heavy atom. The highest BCUT2D eigenvalue weighted by Crippen LogP contribution is 2.30.